The van der Waals surface area contributed by atoms with Crippen LogP contribution >= 0.6 is 0 Å². The van der Waals surface area contributed by atoms with Gasteiger partial charge in [-0.05, 0) is 24.3 Å². The largest absolute Gasteiger partial charge is 0.411 e. The third-order valence-electron chi connectivity index (χ3n) is 2.68. The van der Waals surface area contributed by atoms with Crippen molar-refractivity contribution in [3.8, 4) is 11.3 Å². The van der Waals surface area contributed by atoms with Crippen LogP contribution in [0.4, 0.5) is 10.3 Å². The van der Waals surface area contributed by atoms with Crippen molar-refractivity contribution in [2.45, 2.75) is 0 Å². The molecule has 0 atom stereocenters. The van der Waals surface area contributed by atoms with E-state index in [1.54, 1.807) is 18.2 Å². The van der Waals surface area contributed by atoms with Gasteiger partial charge in [0, 0.05) is 11.6 Å². The summed E-state index contributed by atoms with van der Waals surface area (Å²) >= 11 is 0. The normalized spacial score (nSPS) is 11.4. The molecule has 0 saturated carbocycles. The number of hydrogen-bond donors (Lipinski definition) is 2. The van der Waals surface area contributed by atoms with Crippen molar-refractivity contribution in [3.05, 3.63) is 42.0 Å². The Labute approximate surface area is 112 Å². The van der Waals surface area contributed by atoms with Gasteiger partial charge in [0.25, 0.3) is 0 Å². The molecular weight excluding hydrogens is 263 g/mol. The van der Waals surface area contributed by atoms with E-state index in [9.17, 15) is 4.39 Å². The molecule has 2 aromatic heterocycles. The van der Waals surface area contributed by atoms with Crippen molar-refractivity contribution >= 4 is 17.8 Å². The average Bonchev–Trinajstić information content (AvgIpc) is 2.83. The molecule has 20 heavy (non-hydrogen) atoms. The molecule has 3 rings (SSSR count). The van der Waals surface area contributed by atoms with Gasteiger partial charge in [-0.15, -0.1) is 5.10 Å². The number of nitrogens with zero attached hydrogens (tertiary/aromatic N) is 5. The predicted molar refractivity (Wildman–Crippen MR) is 70.0 cm³/mol. The second-order valence-corrected chi connectivity index (χ2v) is 3.99. The van der Waals surface area contributed by atoms with Crippen LogP contribution in [0.5, 0.6) is 0 Å². The second kappa shape index (κ2) is 4.57. The molecule has 3 N–H and O–H groups in total. The molecule has 0 radical (unpaired) electrons. The van der Waals surface area contributed by atoms with E-state index in [1.807, 2.05) is 0 Å². The van der Waals surface area contributed by atoms with Crippen LogP contribution in [0, 0.1) is 5.82 Å². The van der Waals surface area contributed by atoms with Crippen LogP contribution in [0.3, 0.4) is 0 Å². The van der Waals surface area contributed by atoms with Gasteiger partial charge in [-0.1, -0.05) is 5.16 Å². The molecule has 0 fully saturated rings. The molecular formula is C12H9FN6O. The third-order valence-corrected chi connectivity index (χ3v) is 2.68. The van der Waals surface area contributed by atoms with E-state index in [1.165, 1.54) is 16.6 Å². The predicted octanol–water partition coefficient (Wildman–Crippen LogP) is 1.32. The van der Waals surface area contributed by atoms with Crippen LogP contribution in [-0.2, 0) is 0 Å². The Morgan fingerprint density at radius 1 is 1.25 bits per heavy atom. The average molecular weight is 272 g/mol. The van der Waals surface area contributed by atoms with Crippen LogP contribution in [0.2, 0.25) is 0 Å². The number of benzene rings is 1. The highest BCUT2D eigenvalue weighted by molar-refractivity contribution is 5.75. The maximum atomic E-state index is 12.9. The quantitative estimate of drug-likeness (QED) is 0.416. The Morgan fingerprint density at radius 2 is 2.00 bits per heavy atom. The van der Waals surface area contributed by atoms with Gasteiger partial charge < -0.3 is 10.9 Å². The summed E-state index contributed by atoms with van der Waals surface area (Å²) in [5.74, 6) is 0.0101. The summed E-state index contributed by atoms with van der Waals surface area (Å²) in [6, 6.07) is 7.53. The first-order valence-electron chi connectivity index (χ1n) is 5.64. The van der Waals surface area contributed by atoms with Crippen LogP contribution in [0.15, 0.2) is 35.5 Å². The SMILES string of the molecule is Nc1nc(-c2ccc(F)cc2)cc2nc(/C=N/O)nn12. The first-order chi connectivity index (χ1) is 9.67. The summed E-state index contributed by atoms with van der Waals surface area (Å²) in [4.78, 5) is 8.30. The number of anilines is 1. The van der Waals surface area contributed by atoms with Crippen LogP contribution < -0.4 is 5.73 Å². The van der Waals surface area contributed by atoms with Gasteiger partial charge in [0.15, 0.2) is 11.5 Å². The zero-order valence-electron chi connectivity index (χ0n) is 10.1. The lowest BCUT2D eigenvalue weighted by Crippen LogP contribution is -2.03. The number of aromatic nitrogens is 4. The molecule has 0 aliphatic heterocycles. The minimum Gasteiger partial charge on any atom is -0.411 e. The molecule has 0 saturated heterocycles. The number of nitrogens with two attached hydrogens (primary N) is 1. The van der Waals surface area contributed by atoms with Crippen LogP contribution in [0.1, 0.15) is 5.82 Å². The Balaban J connectivity index is 2.15. The Bertz CT molecular complexity index is 796. The summed E-state index contributed by atoms with van der Waals surface area (Å²) in [6.45, 7) is 0. The zero-order chi connectivity index (χ0) is 14.1. The van der Waals surface area contributed by atoms with Gasteiger partial charge in [0.05, 0.1) is 5.69 Å². The summed E-state index contributed by atoms with van der Waals surface area (Å²) < 4.78 is 14.2. The molecule has 0 aliphatic rings. The van der Waals surface area contributed by atoms with E-state index >= 15 is 0 Å². The number of rotatable bonds is 2. The molecule has 2 heterocycles. The smallest absolute Gasteiger partial charge is 0.223 e. The van der Waals surface area contributed by atoms with E-state index in [2.05, 4.69) is 20.2 Å². The Hall–Kier alpha value is -3.03. The van der Waals surface area contributed by atoms with Crippen molar-refractivity contribution in [2.24, 2.45) is 5.16 Å². The van der Waals surface area contributed by atoms with Gasteiger partial charge in [0.2, 0.25) is 5.95 Å². The van der Waals surface area contributed by atoms with Crippen molar-refractivity contribution in [1.82, 2.24) is 19.6 Å². The number of halogens is 1. The second-order valence-electron chi connectivity index (χ2n) is 3.99. The lowest BCUT2D eigenvalue weighted by atomic mass is 10.1. The molecule has 0 unspecified atom stereocenters. The molecule has 0 aliphatic carbocycles. The molecule has 0 amide bonds. The minimum atomic E-state index is -0.327. The third kappa shape index (κ3) is 2.03. The number of fused-ring (bicyclic) bond motifs is 1. The van der Waals surface area contributed by atoms with Gasteiger partial charge >= 0.3 is 0 Å². The highest BCUT2D eigenvalue weighted by Crippen LogP contribution is 2.20. The Morgan fingerprint density at radius 3 is 2.70 bits per heavy atom. The zero-order valence-corrected chi connectivity index (χ0v) is 10.1. The molecule has 0 spiro atoms. The molecule has 8 heteroatoms. The van der Waals surface area contributed by atoms with E-state index in [-0.39, 0.29) is 17.6 Å². The highest BCUT2D eigenvalue weighted by Gasteiger charge is 2.09. The summed E-state index contributed by atoms with van der Waals surface area (Å²) in [6.07, 6.45) is 1.09. The maximum Gasteiger partial charge on any atom is 0.223 e. The van der Waals surface area contributed by atoms with Gasteiger partial charge in [0.1, 0.15) is 12.0 Å². The van der Waals surface area contributed by atoms with Gasteiger partial charge in [-0.3, -0.25) is 0 Å². The highest BCUT2D eigenvalue weighted by atomic mass is 19.1. The standard InChI is InChI=1S/C12H9FN6O/c13-8-3-1-7(2-4-8)9-5-11-17-10(6-15-20)18-19(11)12(14)16-9/h1-6,20H,(H2,14,16)/b15-6+. The fourth-order valence-corrected chi connectivity index (χ4v) is 1.80. The van der Waals surface area contributed by atoms with E-state index in [4.69, 9.17) is 10.9 Å². The molecule has 3 aromatic rings. The van der Waals surface area contributed by atoms with E-state index in [0.29, 0.717) is 16.9 Å². The van der Waals surface area contributed by atoms with Crippen molar-refractivity contribution in [2.75, 3.05) is 5.73 Å². The maximum absolute atomic E-state index is 12.9. The summed E-state index contributed by atoms with van der Waals surface area (Å²) in [7, 11) is 0. The van der Waals surface area contributed by atoms with Gasteiger partial charge in [-0.25, -0.2) is 14.4 Å². The molecule has 7 nitrogen and oxygen atoms in total. The first-order valence-corrected chi connectivity index (χ1v) is 5.64. The number of nitrogen functional groups attached to an aromatic ring is 1. The summed E-state index contributed by atoms with van der Waals surface area (Å²) in [5, 5.41) is 15.3. The monoisotopic (exact) mass is 272 g/mol. The molecule has 0 bridgehead atoms. The fourth-order valence-electron chi connectivity index (χ4n) is 1.80. The Kier molecular flexibility index (Phi) is 2.75. The topological polar surface area (TPSA) is 102 Å². The van der Waals surface area contributed by atoms with Crippen molar-refractivity contribution in [3.63, 3.8) is 0 Å². The van der Waals surface area contributed by atoms with Crippen molar-refractivity contribution < 1.29 is 9.60 Å². The first kappa shape index (κ1) is 12.0. The van der Waals surface area contributed by atoms with E-state index < -0.39 is 0 Å². The van der Waals surface area contributed by atoms with E-state index in [0.717, 1.165) is 6.21 Å². The lowest BCUT2D eigenvalue weighted by Gasteiger charge is -2.03. The number of oxime groups is 1. The lowest BCUT2D eigenvalue weighted by molar-refractivity contribution is 0.321. The summed E-state index contributed by atoms with van der Waals surface area (Å²) in [5.41, 5.74) is 7.51. The van der Waals surface area contributed by atoms with Crippen molar-refractivity contribution in [1.29, 1.82) is 0 Å². The van der Waals surface area contributed by atoms with Crippen LogP contribution in [0.25, 0.3) is 16.9 Å². The fraction of sp³-hybridized carbons (Fsp3) is 0. The minimum absolute atomic E-state index is 0.131. The van der Waals surface area contributed by atoms with Gasteiger partial charge in [-0.2, -0.15) is 4.52 Å². The number of hydrogen-bond acceptors (Lipinski definition) is 6. The molecule has 100 valence electrons. The molecule has 1 aromatic carbocycles. The van der Waals surface area contributed by atoms with Crippen LogP contribution in [-0.4, -0.2) is 31.0 Å².